The van der Waals surface area contributed by atoms with Crippen molar-refractivity contribution in [2.45, 2.75) is 51.2 Å². The molecule has 0 bridgehead atoms. The molecule has 2 aliphatic rings. The lowest BCUT2D eigenvalue weighted by Crippen LogP contribution is -2.55. The molecule has 14 heteroatoms. The molecule has 3 N–H and O–H groups in total. The normalized spacial score (nSPS) is 20.7. The molecule has 238 valence electrons. The standard InChI is InChI=1S/C18H23N3O2S.C12H15ClFN3O2S/c22-14-19-12-16-13-24-18(20-16)15-4-6-17(7-5-15)23-11-10-21-8-2-1-3-9-21;1-7-5-11(17(2)20(19)16-7)12(18)15-8-3-4-10(14)9(13)6-8/h4-7,13-14H,1-3,8-12H2,(H,19,22);3-4,6-7,11,16H,5H2,1-2H3,(H,15,18). The van der Waals surface area contributed by atoms with Gasteiger partial charge in [0, 0.05) is 36.3 Å². The minimum atomic E-state index is -1.40. The van der Waals surface area contributed by atoms with Gasteiger partial charge in [-0.1, -0.05) is 18.0 Å². The largest absolute Gasteiger partial charge is 0.492 e. The summed E-state index contributed by atoms with van der Waals surface area (Å²) in [6, 6.07) is 11.5. The highest BCUT2D eigenvalue weighted by molar-refractivity contribution is 7.80. The number of anilines is 1. The van der Waals surface area contributed by atoms with Crippen molar-refractivity contribution in [3.8, 4) is 16.3 Å². The Kier molecular flexibility index (Phi) is 13.1. The fourth-order valence-electron chi connectivity index (χ4n) is 4.81. The Morgan fingerprint density at radius 1 is 1.23 bits per heavy atom. The predicted octanol–water partition coefficient (Wildman–Crippen LogP) is 4.60. The van der Waals surface area contributed by atoms with E-state index < -0.39 is 23.0 Å². The number of nitrogens with one attached hydrogen (secondary N) is 3. The molecule has 2 aliphatic heterocycles. The van der Waals surface area contributed by atoms with Crippen molar-refractivity contribution in [2.24, 2.45) is 0 Å². The zero-order valence-electron chi connectivity index (χ0n) is 24.8. The van der Waals surface area contributed by atoms with Crippen molar-refractivity contribution >= 4 is 52.1 Å². The van der Waals surface area contributed by atoms with Gasteiger partial charge in [-0.15, -0.1) is 11.3 Å². The minimum absolute atomic E-state index is 0.0282. The summed E-state index contributed by atoms with van der Waals surface area (Å²) in [6.45, 7) is 6.47. The summed E-state index contributed by atoms with van der Waals surface area (Å²) in [5.74, 6) is 0.0606. The number of nitrogens with zero attached hydrogens (tertiary/aromatic N) is 3. The Bertz CT molecular complexity index is 1410. The van der Waals surface area contributed by atoms with Crippen LogP contribution in [0.1, 0.15) is 38.3 Å². The molecule has 5 rings (SSSR count). The highest BCUT2D eigenvalue weighted by Gasteiger charge is 2.34. The van der Waals surface area contributed by atoms with Crippen LogP contribution in [0.3, 0.4) is 0 Å². The van der Waals surface area contributed by atoms with E-state index in [2.05, 4.69) is 25.2 Å². The van der Waals surface area contributed by atoms with Gasteiger partial charge in [-0.05, 0) is 81.7 Å². The summed E-state index contributed by atoms with van der Waals surface area (Å²) in [5, 5.41) is 8.15. The Hall–Kier alpha value is -2.94. The number of likely N-dealkylation sites (tertiary alicyclic amines) is 1. The summed E-state index contributed by atoms with van der Waals surface area (Å²) < 4.78 is 35.0. The Morgan fingerprint density at radius 2 is 1.98 bits per heavy atom. The number of hydrogen-bond donors (Lipinski definition) is 3. The molecule has 2 saturated heterocycles. The van der Waals surface area contributed by atoms with Gasteiger partial charge in [0.2, 0.25) is 12.3 Å². The van der Waals surface area contributed by atoms with Crippen LogP contribution in [0.4, 0.5) is 10.1 Å². The lowest BCUT2D eigenvalue weighted by atomic mass is 10.1. The van der Waals surface area contributed by atoms with Gasteiger partial charge < -0.3 is 15.4 Å². The first-order valence-corrected chi connectivity index (χ1v) is 16.8. The third kappa shape index (κ3) is 10.0. The van der Waals surface area contributed by atoms with Crippen LogP contribution in [0.15, 0.2) is 47.8 Å². The number of amides is 2. The summed E-state index contributed by atoms with van der Waals surface area (Å²) in [6.07, 6.45) is 5.21. The van der Waals surface area contributed by atoms with Crippen LogP contribution >= 0.6 is 22.9 Å². The van der Waals surface area contributed by atoms with E-state index in [1.807, 2.05) is 36.6 Å². The van der Waals surface area contributed by atoms with E-state index in [1.54, 1.807) is 18.4 Å². The van der Waals surface area contributed by atoms with Crippen molar-refractivity contribution in [1.82, 2.24) is 24.2 Å². The average molecular weight is 665 g/mol. The zero-order valence-corrected chi connectivity index (χ0v) is 27.2. The number of likely N-dealkylation sites (N-methyl/N-ethyl adjacent to an activating group) is 1. The number of thiazole rings is 1. The van der Waals surface area contributed by atoms with Gasteiger partial charge in [0.25, 0.3) is 0 Å². The van der Waals surface area contributed by atoms with E-state index in [4.69, 9.17) is 16.3 Å². The second kappa shape index (κ2) is 16.9. The lowest BCUT2D eigenvalue weighted by Gasteiger charge is -2.33. The van der Waals surface area contributed by atoms with Crippen LogP contribution in [0.5, 0.6) is 5.75 Å². The van der Waals surface area contributed by atoms with Crippen LogP contribution in [-0.2, 0) is 27.3 Å². The SMILES string of the molecule is CC1CC(C(=O)Nc2ccc(F)c(Cl)c2)N(C)S(=O)N1.O=CNCc1csc(-c2ccc(OCCN3CCCCC3)cc2)n1. The van der Waals surface area contributed by atoms with Crippen molar-refractivity contribution in [1.29, 1.82) is 0 Å². The van der Waals surface area contributed by atoms with E-state index in [1.165, 1.54) is 54.9 Å². The Morgan fingerprint density at radius 3 is 2.68 bits per heavy atom. The van der Waals surface area contributed by atoms with Gasteiger partial charge in [-0.2, -0.15) is 0 Å². The number of carbonyl (C=O) groups excluding carboxylic acids is 2. The second-order valence-corrected chi connectivity index (χ2v) is 13.2. The molecule has 0 radical (unpaired) electrons. The number of ether oxygens (including phenoxy) is 1. The molecule has 10 nitrogen and oxygen atoms in total. The molecular formula is C30H38ClFN6O4S2. The summed E-state index contributed by atoms with van der Waals surface area (Å²) in [7, 11) is 1.61. The Balaban J connectivity index is 0.000000204. The van der Waals surface area contributed by atoms with Gasteiger partial charge in [-0.25, -0.2) is 22.6 Å². The van der Waals surface area contributed by atoms with Gasteiger partial charge in [0.15, 0.2) is 11.2 Å². The highest BCUT2D eigenvalue weighted by atomic mass is 35.5. The first kappa shape index (κ1) is 33.9. The fourth-order valence-corrected chi connectivity index (χ4v) is 6.84. The maximum Gasteiger partial charge on any atom is 0.242 e. The topological polar surface area (TPSA) is 116 Å². The molecule has 3 aromatic rings. The molecule has 0 spiro atoms. The molecule has 2 aromatic carbocycles. The van der Waals surface area contributed by atoms with Crippen LogP contribution in [0.2, 0.25) is 5.02 Å². The number of carbonyl (C=O) groups is 2. The molecule has 0 aliphatic carbocycles. The summed E-state index contributed by atoms with van der Waals surface area (Å²) >= 11 is 5.85. The van der Waals surface area contributed by atoms with Crippen molar-refractivity contribution < 1.29 is 22.9 Å². The fraction of sp³-hybridized carbons (Fsp3) is 0.433. The number of aromatic nitrogens is 1. The number of hydrogen-bond acceptors (Lipinski definition) is 7. The minimum Gasteiger partial charge on any atom is -0.492 e. The van der Waals surface area contributed by atoms with Crippen LogP contribution in [0, 0.1) is 5.82 Å². The molecule has 3 atom stereocenters. The van der Waals surface area contributed by atoms with Crippen LogP contribution in [-0.4, -0.2) is 76.1 Å². The van der Waals surface area contributed by atoms with Gasteiger partial charge in [0.05, 0.1) is 17.3 Å². The molecule has 0 saturated carbocycles. The first-order chi connectivity index (χ1) is 21.2. The quantitative estimate of drug-likeness (QED) is 0.273. The number of halogens is 2. The molecule has 1 aromatic heterocycles. The third-order valence-corrected chi connectivity index (χ3v) is 9.82. The Labute approximate surface area is 269 Å². The van der Waals surface area contributed by atoms with E-state index in [0.717, 1.165) is 35.2 Å². The van der Waals surface area contributed by atoms with Crippen molar-refractivity contribution in [3.63, 3.8) is 0 Å². The molecule has 44 heavy (non-hydrogen) atoms. The number of benzene rings is 2. The molecule has 2 fully saturated rings. The molecular weight excluding hydrogens is 627 g/mol. The van der Waals surface area contributed by atoms with Gasteiger partial charge in [-0.3, -0.25) is 14.5 Å². The number of rotatable bonds is 10. The van der Waals surface area contributed by atoms with Crippen LogP contribution < -0.4 is 20.1 Å². The maximum atomic E-state index is 13.1. The third-order valence-electron chi connectivity index (χ3n) is 7.21. The van der Waals surface area contributed by atoms with E-state index in [9.17, 15) is 18.2 Å². The predicted molar refractivity (Wildman–Crippen MR) is 173 cm³/mol. The average Bonchev–Trinajstić information content (AvgIpc) is 3.50. The van der Waals surface area contributed by atoms with E-state index >= 15 is 0 Å². The van der Waals surface area contributed by atoms with Crippen LogP contribution in [0.25, 0.3) is 10.6 Å². The first-order valence-electron chi connectivity index (χ1n) is 14.5. The van der Waals surface area contributed by atoms with E-state index in [-0.39, 0.29) is 17.0 Å². The zero-order chi connectivity index (χ0) is 31.5. The highest BCUT2D eigenvalue weighted by Crippen LogP contribution is 2.26. The second-order valence-electron chi connectivity index (χ2n) is 10.6. The molecule has 2 amide bonds. The smallest absolute Gasteiger partial charge is 0.242 e. The molecule has 3 unspecified atom stereocenters. The van der Waals surface area contributed by atoms with Gasteiger partial charge >= 0.3 is 0 Å². The molecule has 3 heterocycles. The maximum absolute atomic E-state index is 13.1. The monoisotopic (exact) mass is 664 g/mol. The van der Waals surface area contributed by atoms with E-state index in [0.29, 0.717) is 25.1 Å². The van der Waals surface area contributed by atoms with Crippen molar-refractivity contribution in [3.05, 3.63) is 64.4 Å². The lowest BCUT2D eigenvalue weighted by molar-refractivity contribution is -0.120. The summed E-state index contributed by atoms with van der Waals surface area (Å²) in [4.78, 5) is 29.5. The summed E-state index contributed by atoms with van der Waals surface area (Å²) in [5.41, 5.74) is 2.36. The number of piperidine rings is 1. The van der Waals surface area contributed by atoms with Gasteiger partial charge in [0.1, 0.15) is 29.2 Å². The van der Waals surface area contributed by atoms with Crippen molar-refractivity contribution in [2.75, 3.05) is 38.6 Å².